The largest absolute Gasteiger partial charge is 0.480 e. The number of aliphatic carboxylic acids is 1. The second-order valence-electron chi connectivity index (χ2n) is 3.30. The topological polar surface area (TPSA) is 102 Å². The van der Waals surface area contributed by atoms with Crippen LogP contribution < -0.4 is 11.5 Å². The molecule has 5 N–H and O–H groups in total. The molecule has 0 heterocycles. The molecule has 0 rings (SSSR count). The molecule has 15 heavy (non-hydrogen) atoms. The second-order valence-corrected chi connectivity index (χ2v) is 4.40. The number of rotatable bonds is 6. The van der Waals surface area contributed by atoms with Gasteiger partial charge in [-0.1, -0.05) is 7.43 Å². The molecule has 5 nitrogen and oxygen atoms in total. The number of hydrogen-bond donors (Lipinski definition) is 3. The first-order chi connectivity index (χ1) is 6.36. The minimum atomic E-state index is -1.16. The number of nitrogens with two attached hydrogens (primary N) is 2. The fourth-order valence-corrected chi connectivity index (χ4v) is 1.54. The molecule has 0 aliphatic carbocycles. The zero-order valence-electron chi connectivity index (χ0n) is 8.49. The van der Waals surface area contributed by atoms with E-state index < -0.39 is 11.5 Å². The Morgan fingerprint density at radius 3 is 2.53 bits per heavy atom. The predicted octanol–water partition coefficient (Wildman–Crippen LogP) is 0.535. The molecule has 0 fully saturated rings. The lowest BCUT2D eigenvalue weighted by Gasteiger charge is -2.17. The van der Waals surface area contributed by atoms with Gasteiger partial charge in [0.2, 0.25) is 0 Å². The van der Waals surface area contributed by atoms with Gasteiger partial charge in [0.15, 0.2) is 0 Å². The summed E-state index contributed by atoms with van der Waals surface area (Å²) in [5, 5.41) is 8.70. The van der Waals surface area contributed by atoms with Crippen LogP contribution in [-0.2, 0) is 4.79 Å². The lowest BCUT2D eigenvalue weighted by atomic mass is 10.1. The normalized spacial score (nSPS) is 15.3. The van der Waals surface area contributed by atoms with Gasteiger partial charge in [0.25, 0.3) is 0 Å². The van der Waals surface area contributed by atoms with Gasteiger partial charge in [-0.3, -0.25) is 9.79 Å². The Hall–Kier alpha value is -0.750. The number of aliphatic imine (C=N–C) groups is 1. The van der Waals surface area contributed by atoms with Gasteiger partial charge in [-0.15, -0.1) is 0 Å². The van der Waals surface area contributed by atoms with Crippen LogP contribution in [0.5, 0.6) is 0 Å². The Balaban J connectivity index is 0. The van der Waals surface area contributed by atoms with E-state index in [-0.39, 0.29) is 7.43 Å². The Morgan fingerprint density at radius 2 is 2.13 bits per heavy atom. The molecule has 0 radical (unpaired) electrons. The van der Waals surface area contributed by atoms with Crippen molar-refractivity contribution in [2.75, 3.05) is 18.1 Å². The Morgan fingerprint density at radius 1 is 1.60 bits per heavy atom. The molecule has 1 unspecified atom stereocenters. The number of thioether (sulfide) groups is 1. The van der Waals surface area contributed by atoms with E-state index in [2.05, 4.69) is 4.99 Å². The van der Waals surface area contributed by atoms with Crippen LogP contribution in [0.1, 0.15) is 21.3 Å². The van der Waals surface area contributed by atoms with Gasteiger partial charge < -0.3 is 16.6 Å². The smallest absolute Gasteiger partial charge is 0.324 e. The number of carboxylic acids is 1. The summed E-state index contributed by atoms with van der Waals surface area (Å²) in [6, 6.07) is 0. The summed E-state index contributed by atoms with van der Waals surface area (Å²) in [5.41, 5.74) is 9.69. The third-order valence-electron chi connectivity index (χ3n) is 1.49. The lowest BCUT2D eigenvalue weighted by Crippen LogP contribution is -2.47. The fraction of sp³-hybridized carbons (Fsp3) is 0.778. The number of carbonyl (C=O) groups is 1. The zero-order chi connectivity index (χ0) is 11.2. The standard InChI is InChI=1S/C8H17N3O2S.CH4/c1-6(9)11-3-4-14-5-8(2,10)7(12)13;/h3-5,10H2,1-2H3,(H2,9,11)(H,12,13);1H4. The van der Waals surface area contributed by atoms with Gasteiger partial charge in [0.05, 0.1) is 5.84 Å². The van der Waals surface area contributed by atoms with Crippen molar-refractivity contribution in [2.45, 2.75) is 26.8 Å². The van der Waals surface area contributed by atoms with Crippen LogP contribution in [0.2, 0.25) is 0 Å². The summed E-state index contributed by atoms with van der Waals surface area (Å²) < 4.78 is 0. The molecule has 1 atom stereocenters. The number of nitrogens with zero attached hydrogens (tertiary/aromatic N) is 1. The van der Waals surface area contributed by atoms with Crippen molar-refractivity contribution in [1.82, 2.24) is 0 Å². The van der Waals surface area contributed by atoms with Gasteiger partial charge >= 0.3 is 5.97 Å². The quantitative estimate of drug-likeness (QED) is 0.354. The van der Waals surface area contributed by atoms with E-state index in [0.29, 0.717) is 18.1 Å². The molecule has 0 aliphatic rings. The minimum Gasteiger partial charge on any atom is -0.480 e. The SMILES string of the molecule is C.CC(N)=NCCSCC(C)(N)C(=O)O. The monoisotopic (exact) mass is 235 g/mol. The van der Waals surface area contributed by atoms with Crippen molar-refractivity contribution in [3.63, 3.8) is 0 Å². The van der Waals surface area contributed by atoms with Crippen LogP contribution >= 0.6 is 11.8 Å². The van der Waals surface area contributed by atoms with Gasteiger partial charge in [0.1, 0.15) is 5.54 Å². The van der Waals surface area contributed by atoms with Crippen LogP contribution in [0.25, 0.3) is 0 Å². The highest BCUT2D eigenvalue weighted by Crippen LogP contribution is 2.10. The van der Waals surface area contributed by atoms with Crippen molar-refractivity contribution in [3.05, 3.63) is 0 Å². The van der Waals surface area contributed by atoms with E-state index in [1.807, 2.05) is 0 Å². The van der Waals surface area contributed by atoms with Crippen LogP contribution in [0, 0.1) is 0 Å². The van der Waals surface area contributed by atoms with Crippen molar-refractivity contribution in [2.24, 2.45) is 16.5 Å². The summed E-state index contributed by atoms with van der Waals surface area (Å²) in [6.45, 7) is 3.82. The molecule has 0 aromatic heterocycles. The summed E-state index contributed by atoms with van der Waals surface area (Å²) in [4.78, 5) is 14.6. The fourth-order valence-electron chi connectivity index (χ4n) is 0.632. The average Bonchev–Trinajstić information content (AvgIpc) is 2.02. The highest BCUT2D eigenvalue weighted by atomic mass is 32.2. The Labute approximate surface area is 95.3 Å². The van der Waals surface area contributed by atoms with E-state index in [4.69, 9.17) is 16.6 Å². The summed E-state index contributed by atoms with van der Waals surface area (Å²) in [7, 11) is 0. The maximum Gasteiger partial charge on any atom is 0.324 e. The molecule has 0 saturated heterocycles. The summed E-state index contributed by atoms with van der Waals surface area (Å²) in [6.07, 6.45) is 0. The molecule has 90 valence electrons. The first-order valence-electron chi connectivity index (χ1n) is 4.23. The minimum absolute atomic E-state index is 0. The van der Waals surface area contributed by atoms with E-state index in [1.165, 1.54) is 18.7 Å². The maximum absolute atomic E-state index is 10.6. The van der Waals surface area contributed by atoms with Crippen molar-refractivity contribution in [3.8, 4) is 0 Å². The maximum atomic E-state index is 10.6. The lowest BCUT2D eigenvalue weighted by molar-refractivity contribution is -0.141. The van der Waals surface area contributed by atoms with Crippen LogP contribution in [0.4, 0.5) is 0 Å². The van der Waals surface area contributed by atoms with E-state index in [1.54, 1.807) is 6.92 Å². The van der Waals surface area contributed by atoms with E-state index in [9.17, 15) is 4.79 Å². The molecular formula is C9H21N3O2S. The molecular weight excluding hydrogens is 214 g/mol. The number of hydrogen-bond acceptors (Lipinski definition) is 4. The van der Waals surface area contributed by atoms with Crippen molar-refractivity contribution in [1.29, 1.82) is 0 Å². The van der Waals surface area contributed by atoms with Crippen LogP contribution in [-0.4, -0.2) is 40.5 Å². The van der Waals surface area contributed by atoms with Gasteiger partial charge in [-0.05, 0) is 13.8 Å². The molecule has 0 saturated carbocycles. The Kier molecular flexibility index (Phi) is 8.37. The van der Waals surface area contributed by atoms with Crippen molar-refractivity contribution < 1.29 is 9.90 Å². The summed E-state index contributed by atoms with van der Waals surface area (Å²) >= 11 is 1.46. The van der Waals surface area contributed by atoms with Crippen molar-refractivity contribution >= 4 is 23.6 Å². The molecule has 0 aromatic carbocycles. The highest BCUT2D eigenvalue weighted by Gasteiger charge is 2.27. The van der Waals surface area contributed by atoms with Crippen LogP contribution in [0.3, 0.4) is 0 Å². The molecule has 0 aromatic rings. The van der Waals surface area contributed by atoms with Crippen LogP contribution in [0.15, 0.2) is 4.99 Å². The van der Waals surface area contributed by atoms with Gasteiger partial charge in [-0.25, -0.2) is 0 Å². The third kappa shape index (κ3) is 8.26. The first kappa shape index (κ1) is 16.7. The van der Waals surface area contributed by atoms with Gasteiger partial charge in [0, 0.05) is 18.1 Å². The average molecular weight is 235 g/mol. The van der Waals surface area contributed by atoms with E-state index in [0.717, 1.165) is 5.75 Å². The first-order valence-corrected chi connectivity index (χ1v) is 5.38. The molecule has 0 aliphatic heterocycles. The molecule has 0 bridgehead atoms. The van der Waals surface area contributed by atoms with Gasteiger partial charge in [-0.2, -0.15) is 11.8 Å². The number of amidine groups is 1. The predicted molar refractivity (Wildman–Crippen MR) is 66.4 cm³/mol. The third-order valence-corrected chi connectivity index (χ3v) is 2.76. The molecule has 0 spiro atoms. The highest BCUT2D eigenvalue weighted by molar-refractivity contribution is 7.99. The molecule has 0 amide bonds. The summed E-state index contributed by atoms with van der Waals surface area (Å²) in [5.74, 6) is 0.665. The van der Waals surface area contributed by atoms with E-state index >= 15 is 0 Å². The molecule has 6 heteroatoms. The number of carboxylic acid groups (broad SMARTS) is 1. The Bertz CT molecular complexity index is 225. The zero-order valence-corrected chi connectivity index (χ0v) is 9.30. The second kappa shape index (κ2) is 7.53.